The lowest BCUT2D eigenvalue weighted by Crippen LogP contribution is -2.44. The highest BCUT2D eigenvalue weighted by Crippen LogP contribution is 2.70. The van der Waals surface area contributed by atoms with Gasteiger partial charge in [0.2, 0.25) is 0 Å². The zero-order valence-electron chi connectivity index (χ0n) is 49.3. The summed E-state index contributed by atoms with van der Waals surface area (Å²) in [5.74, 6) is 2.26. The highest BCUT2D eigenvalue weighted by Gasteiger charge is 2.64. The first-order valence-electron chi connectivity index (χ1n) is 32.4. The maximum Gasteiger partial charge on any atom is 0.0251 e. The molecule has 0 spiro atoms. The molecule has 87 heavy (non-hydrogen) atoms. The van der Waals surface area contributed by atoms with Crippen LogP contribution in [0.25, 0.3) is 44.0 Å². The molecular weight excluding hydrogens is 1040 g/mol. The van der Waals surface area contributed by atoms with E-state index in [2.05, 4.69) is 316 Å². The second kappa shape index (κ2) is 21.7. The van der Waals surface area contributed by atoms with Gasteiger partial charge in [0.05, 0.1) is 0 Å². The molecule has 8 aliphatic carbocycles. The third-order valence-corrected chi connectivity index (χ3v) is 22.4. The van der Waals surface area contributed by atoms with Crippen LogP contribution in [0.3, 0.4) is 0 Å². The maximum absolute atomic E-state index is 2.73. The standard InChI is InChI=1S/C87H72/c1-9-37-64-57(25-1)26-7-15-43-70(64)74-50-24-36-61-30-6-14-42-69(61)81(74)78-46-18-20-52-80(78)87(56-55-63-32-8-19-51-79(63)87)86-77-45-17-16-44-75(77)84(82(71-47-21-33-58-27-2-10-38-65(58)71)72-48-22-34-59-28-3-11-39-66(59)72)85(86)83(76-54-53-62-31-5-13-41-68(62)76)73-49-23-35-60-29-4-12-40-67(60)73/h1-25,27-42,44-54,57,61,64,70,75-77,82-86H,26,43,55-56H2. The van der Waals surface area contributed by atoms with E-state index in [0.29, 0.717) is 17.8 Å². The van der Waals surface area contributed by atoms with Crippen LogP contribution in [0.15, 0.2) is 321 Å². The van der Waals surface area contributed by atoms with Gasteiger partial charge in [-0.15, -0.1) is 0 Å². The van der Waals surface area contributed by atoms with Crippen molar-refractivity contribution in [3.63, 3.8) is 0 Å². The van der Waals surface area contributed by atoms with Crippen molar-refractivity contribution in [1.82, 2.24) is 0 Å². The summed E-state index contributed by atoms with van der Waals surface area (Å²) in [5, 5.41) is 7.97. The van der Waals surface area contributed by atoms with Crippen molar-refractivity contribution in [2.24, 2.45) is 53.3 Å². The molecule has 0 bridgehead atoms. The minimum Gasteiger partial charge on any atom is -0.0879 e. The number of fused-ring (bicyclic) bond motifs is 8. The summed E-state index contributed by atoms with van der Waals surface area (Å²) in [4.78, 5) is 0. The smallest absolute Gasteiger partial charge is 0.0251 e. The molecule has 0 amide bonds. The molecule has 0 saturated heterocycles. The molecule has 0 nitrogen and oxygen atoms in total. The van der Waals surface area contributed by atoms with E-state index >= 15 is 0 Å². The fourth-order valence-corrected chi connectivity index (χ4v) is 19.1. The first kappa shape index (κ1) is 52.2. The summed E-state index contributed by atoms with van der Waals surface area (Å²) in [7, 11) is 0. The summed E-state index contributed by atoms with van der Waals surface area (Å²) in [6, 6.07) is 78.9. The van der Waals surface area contributed by atoms with E-state index in [1.165, 1.54) is 99.1 Å². The topological polar surface area (TPSA) is 0 Å². The molecule has 0 aromatic heterocycles. The minimum atomic E-state index is -0.431. The number of hydrogen-bond acceptors (Lipinski definition) is 0. The van der Waals surface area contributed by atoms with E-state index in [1.54, 1.807) is 0 Å². The van der Waals surface area contributed by atoms with Gasteiger partial charge in [0, 0.05) is 23.2 Å². The highest BCUT2D eigenvalue weighted by molar-refractivity contribution is 5.92. The SMILES string of the molecule is C1=CC2=C(c3ccccc3C3(C4C5C=CC=CC5C(C(c5cccc6ccccc56)c5cccc6ccccc56)C4C(c4cccc5ccccc45)C4C=Cc5ccccc54)CCc4ccccc43)C(C3CC=CCC4C=CC=CC43)=CC=CC2C=C1. The molecule has 1 fully saturated rings. The first-order valence-corrected chi connectivity index (χ1v) is 32.4. The molecule has 12 atom stereocenters. The van der Waals surface area contributed by atoms with Gasteiger partial charge in [-0.05, 0) is 178 Å². The Labute approximate surface area is 513 Å². The summed E-state index contributed by atoms with van der Waals surface area (Å²) in [5.41, 5.74) is 17.0. The van der Waals surface area contributed by atoms with Crippen molar-refractivity contribution in [2.45, 2.75) is 48.9 Å². The Balaban J connectivity index is 1.00. The normalized spacial score (nSPS) is 27.5. The van der Waals surface area contributed by atoms with Gasteiger partial charge in [0.1, 0.15) is 0 Å². The number of rotatable bonds is 10. The van der Waals surface area contributed by atoms with Crippen molar-refractivity contribution >= 4 is 44.0 Å². The van der Waals surface area contributed by atoms with E-state index in [4.69, 9.17) is 0 Å². The molecule has 9 aromatic rings. The Morgan fingerprint density at radius 3 is 1.78 bits per heavy atom. The minimum absolute atomic E-state index is 0.0176. The fourth-order valence-electron chi connectivity index (χ4n) is 19.1. The molecule has 17 rings (SSSR count). The Kier molecular flexibility index (Phi) is 13.0. The molecule has 420 valence electrons. The molecule has 0 heterocycles. The summed E-state index contributed by atoms with van der Waals surface area (Å²) >= 11 is 0. The van der Waals surface area contributed by atoms with Crippen LogP contribution < -0.4 is 0 Å². The van der Waals surface area contributed by atoms with Crippen LogP contribution in [0.1, 0.15) is 87.1 Å². The molecular formula is C87H72. The maximum atomic E-state index is 2.73. The van der Waals surface area contributed by atoms with Gasteiger partial charge in [-0.25, -0.2) is 0 Å². The number of allylic oxidation sites excluding steroid dienone is 21. The lowest BCUT2D eigenvalue weighted by Gasteiger charge is -2.49. The lowest BCUT2D eigenvalue weighted by molar-refractivity contribution is 0.154. The molecule has 8 aliphatic rings. The van der Waals surface area contributed by atoms with Crippen LogP contribution in [-0.2, 0) is 11.8 Å². The second-order valence-corrected chi connectivity index (χ2v) is 26.2. The van der Waals surface area contributed by atoms with E-state index in [1.807, 2.05) is 0 Å². The van der Waals surface area contributed by atoms with Crippen LogP contribution in [-0.4, -0.2) is 0 Å². The Morgan fingerprint density at radius 1 is 0.425 bits per heavy atom. The number of benzene rings is 9. The fraction of sp³-hybridized carbons (Fsp3) is 0.195. The van der Waals surface area contributed by atoms with Gasteiger partial charge >= 0.3 is 0 Å². The zero-order chi connectivity index (χ0) is 57.4. The first-order chi connectivity index (χ1) is 43.2. The van der Waals surface area contributed by atoms with E-state index in [0.717, 1.165) is 25.7 Å². The highest BCUT2D eigenvalue weighted by atomic mass is 14.7. The predicted molar refractivity (Wildman–Crippen MR) is 365 cm³/mol. The van der Waals surface area contributed by atoms with Gasteiger partial charge in [0.25, 0.3) is 0 Å². The van der Waals surface area contributed by atoms with Crippen LogP contribution in [0.4, 0.5) is 0 Å². The van der Waals surface area contributed by atoms with Crippen molar-refractivity contribution in [2.75, 3.05) is 0 Å². The van der Waals surface area contributed by atoms with Crippen molar-refractivity contribution < 1.29 is 0 Å². The number of aryl methyl sites for hydroxylation is 1. The average Bonchev–Trinajstić information content (AvgIpc) is 1.57. The molecule has 12 unspecified atom stereocenters. The van der Waals surface area contributed by atoms with Crippen molar-refractivity contribution in [1.29, 1.82) is 0 Å². The summed E-state index contributed by atoms with van der Waals surface area (Å²) in [6.45, 7) is 0. The third-order valence-electron chi connectivity index (χ3n) is 22.4. The second-order valence-electron chi connectivity index (χ2n) is 26.2. The summed E-state index contributed by atoms with van der Waals surface area (Å²) < 4.78 is 0. The van der Waals surface area contributed by atoms with Gasteiger partial charge in [-0.2, -0.15) is 0 Å². The van der Waals surface area contributed by atoms with E-state index in [9.17, 15) is 0 Å². The zero-order valence-corrected chi connectivity index (χ0v) is 49.3. The Hall–Kier alpha value is -9.10. The summed E-state index contributed by atoms with van der Waals surface area (Å²) in [6.07, 6.45) is 51.2. The van der Waals surface area contributed by atoms with Gasteiger partial charge in [0.15, 0.2) is 0 Å². The predicted octanol–water partition coefficient (Wildman–Crippen LogP) is 21.3. The van der Waals surface area contributed by atoms with Crippen molar-refractivity contribution in [3.8, 4) is 0 Å². The monoisotopic (exact) mass is 1120 g/mol. The molecule has 0 aliphatic heterocycles. The average molecular weight is 1120 g/mol. The molecule has 9 aromatic carbocycles. The molecule has 0 heteroatoms. The third kappa shape index (κ3) is 8.45. The van der Waals surface area contributed by atoms with Gasteiger partial charge < -0.3 is 0 Å². The van der Waals surface area contributed by atoms with Crippen molar-refractivity contribution in [3.05, 3.63) is 371 Å². The largest absolute Gasteiger partial charge is 0.0879 e. The lowest BCUT2D eigenvalue weighted by atomic mass is 9.54. The van der Waals surface area contributed by atoms with Crippen LogP contribution in [0.5, 0.6) is 0 Å². The Bertz CT molecular complexity index is 4470. The van der Waals surface area contributed by atoms with Crippen LogP contribution in [0.2, 0.25) is 0 Å². The Morgan fingerprint density at radius 2 is 1.01 bits per heavy atom. The molecule has 0 N–H and O–H groups in total. The van der Waals surface area contributed by atoms with E-state index in [-0.39, 0.29) is 53.3 Å². The van der Waals surface area contributed by atoms with Gasteiger partial charge in [-0.1, -0.05) is 316 Å². The van der Waals surface area contributed by atoms with E-state index < -0.39 is 5.41 Å². The van der Waals surface area contributed by atoms with Crippen LogP contribution >= 0.6 is 0 Å². The van der Waals surface area contributed by atoms with Crippen LogP contribution in [0, 0.1) is 53.3 Å². The quantitative estimate of drug-likeness (QED) is 0.120. The molecule has 1 saturated carbocycles. The molecule has 0 radical (unpaired) electrons. The number of hydrogen-bond donors (Lipinski definition) is 0. The van der Waals surface area contributed by atoms with Gasteiger partial charge in [-0.3, -0.25) is 0 Å².